The van der Waals surface area contributed by atoms with E-state index in [-0.39, 0.29) is 0 Å². The predicted molar refractivity (Wildman–Crippen MR) is 126 cm³/mol. The maximum Gasteiger partial charge on any atom is 0.165 e. The minimum absolute atomic E-state index is 0.365. The van der Waals surface area contributed by atoms with Crippen LogP contribution >= 0.6 is 0 Å². The van der Waals surface area contributed by atoms with Crippen molar-refractivity contribution in [1.29, 1.82) is 0 Å². The molecule has 172 valence electrons. The summed E-state index contributed by atoms with van der Waals surface area (Å²) in [7, 11) is 1.70. The second kappa shape index (κ2) is 9.62. The normalized spacial score (nSPS) is 18.1. The number of fused-ring (bicyclic) bond motifs is 1. The smallest absolute Gasteiger partial charge is 0.165 e. The maximum atomic E-state index is 5.79. The third-order valence-corrected chi connectivity index (χ3v) is 6.07. The molecule has 1 fully saturated rings. The fourth-order valence-corrected chi connectivity index (χ4v) is 4.59. The SMILES string of the molecule is COc1cc2c(cc1CN1CCCC(c3cc(Nc4cnccn4)cc(C)n3)C1)OCCO2. The van der Waals surface area contributed by atoms with Gasteiger partial charge in [-0.3, -0.25) is 14.9 Å². The minimum Gasteiger partial charge on any atom is -0.496 e. The van der Waals surface area contributed by atoms with Crippen molar-refractivity contribution in [2.24, 2.45) is 0 Å². The van der Waals surface area contributed by atoms with Gasteiger partial charge in [-0.2, -0.15) is 0 Å². The number of hydrogen-bond donors (Lipinski definition) is 1. The average Bonchev–Trinajstić information content (AvgIpc) is 2.84. The summed E-state index contributed by atoms with van der Waals surface area (Å²) in [6.45, 7) is 5.97. The number of methoxy groups -OCH3 is 1. The summed E-state index contributed by atoms with van der Waals surface area (Å²) in [4.78, 5) is 15.8. The van der Waals surface area contributed by atoms with Gasteiger partial charge in [0.15, 0.2) is 11.5 Å². The molecule has 4 heterocycles. The molecule has 8 heteroatoms. The average molecular weight is 448 g/mol. The quantitative estimate of drug-likeness (QED) is 0.605. The van der Waals surface area contributed by atoms with E-state index in [1.165, 1.54) is 0 Å². The van der Waals surface area contributed by atoms with Crippen LogP contribution in [0.4, 0.5) is 11.5 Å². The molecule has 8 nitrogen and oxygen atoms in total. The third kappa shape index (κ3) is 5.01. The van der Waals surface area contributed by atoms with Crippen molar-refractivity contribution in [2.75, 3.05) is 38.7 Å². The zero-order valence-corrected chi connectivity index (χ0v) is 19.1. The summed E-state index contributed by atoms with van der Waals surface area (Å²) in [6.07, 6.45) is 7.32. The zero-order valence-electron chi connectivity index (χ0n) is 19.1. The van der Waals surface area contributed by atoms with Crippen LogP contribution in [0.3, 0.4) is 0 Å². The van der Waals surface area contributed by atoms with Crippen LogP contribution in [0.2, 0.25) is 0 Å². The van der Waals surface area contributed by atoms with Gasteiger partial charge in [-0.15, -0.1) is 0 Å². The van der Waals surface area contributed by atoms with Crippen molar-refractivity contribution in [3.05, 3.63) is 59.8 Å². The van der Waals surface area contributed by atoms with E-state index in [1.54, 1.807) is 25.7 Å². The van der Waals surface area contributed by atoms with Crippen LogP contribution < -0.4 is 19.5 Å². The van der Waals surface area contributed by atoms with Gasteiger partial charge in [-0.1, -0.05) is 0 Å². The lowest BCUT2D eigenvalue weighted by Gasteiger charge is -2.33. The third-order valence-electron chi connectivity index (χ3n) is 6.07. The number of pyridine rings is 1. The summed E-state index contributed by atoms with van der Waals surface area (Å²) < 4.78 is 17.2. The molecule has 1 unspecified atom stereocenters. The van der Waals surface area contributed by atoms with Gasteiger partial charge in [0.25, 0.3) is 0 Å². The van der Waals surface area contributed by atoms with Crippen molar-refractivity contribution in [3.8, 4) is 17.2 Å². The molecule has 1 aromatic carbocycles. The fraction of sp³-hybridized carbons (Fsp3) is 0.400. The topological polar surface area (TPSA) is 81.6 Å². The number of anilines is 2. The number of rotatable bonds is 6. The van der Waals surface area contributed by atoms with Gasteiger partial charge < -0.3 is 19.5 Å². The molecule has 2 aromatic heterocycles. The number of hydrogen-bond acceptors (Lipinski definition) is 8. The van der Waals surface area contributed by atoms with E-state index in [1.807, 2.05) is 19.1 Å². The van der Waals surface area contributed by atoms with Crippen molar-refractivity contribution in [3.63, 3.8) is 0 Å². The number of aromatic nitrogens is 3. The molecule has 33 heavy (non-hydrogen) atoms. The van der Waals surface area contributed by atoms with E-state index in [0.29, 0.717) is 19.1 Å². The van der Waals surface area contributed by atoms with Crippen LogP contribution in [0.25, 0.3) is 0 Å². The van der Waals surface area contributed by atoms with Crippen LogP contribution in [-0.2, 0) is 6.54 Å². The van der Waals surface area contributed by atoms with Crippen molar-refractivity contribution in [2.45, 2.75) is 32.2 Å². The van der Waals surface area contributed by atoms with Gasteiger partial charge in [0.2, 0.25) is 0 Å². The Morgan fingerprint density at radius 1 is 1.12 bits per heavy atom. The lowest BCUT2D eigenvalue weighted by molar-refractivity contribution is 0.168. The Labute approximate surface area is 193 Å². The van der Waals surface area contributed by atoms with Gasteiger partial charge in [0.1, 0.15) is 24.8 Å². The van der Waals surface area contributed by atoms with E-state index < -0.39 is 0 Å². The summed E-state index contributed by atoms with van der Waals surface area (Å²) in [5, 5.41) is 3.35. The molecule has 2 aliphatic rings. The fourth-order valence-electron chi connectivity index (χ4n) is 4.59. The molecule has 0 spiro atoms. The Morgan fingerprint density at radius 2 is 1.97 bits per heavy atom. The standard InChI is InChI=1S/C25H29N5O3/c1-17-10-20(29-25-14-26-5-6-27-25)12-21(28-17)18-4-3-7-30(15-18)16-19-11-23-24(13-22(19)31-2)33-9-8-32-23/h5-6,10-14,18H,3-4,7-9,15-16H2,1-2H3,(H,27,28,29). The van der Waals surface area contributed by atoms with E-state index in [9.17, 15) is 0 Å². The molecular weight excluding hydrogens is 418 g/mol. The predicted octanol–water partition coefficient (Wildman–Crippen LogP) is 4.08. The number of ether oxygens (including phenoxy) is 3. The van der Waals surface area contributed by atoms with Gasteiger partial charge in [0.05, 0.1) is 13.3 Å². The summed E-state index contributed by atoms with van der Waals surface area (Å²) >= 11 is 0. The second-order valence-corrected chi connectivity index (χ2v) is 8.52. The van der Waals surface area contributed by atoms with Crippen molar-refractivity contribution in [1.82, 2.24) is 19.9 Å². The molecule has 3 aromatic rings. The van der Waals surface area contributed by atoms with Gasteiger partial charge in [0, 0.05) is 60.1 Å². The van der Waals surface area contributed by atoms with E-state index >= 15 is 0 Å². The second-order valence-electron chi connectivity index (χ2n) is 8.52. The molecule has 0 saturated carbocycles. The minimum atomic E-state index is 0.365. The number of piperidine rings is 1. The molecule has 1 atom stereocenters. The van der Waals surface area contributed by atoms with Crippen LogP contribution in [0.15, 0.2) is 42.9 Å². The van der Waals surface area contributed by atoms with E-state index in [4.69, 9.17) is 19.2 Å². The highest BCUT2D eigenvalue weighted by Crippen LogP contribution is 2.38. The van der Waals surface area contributed by atoms with Crippen molar-refractivity contribution < 1.29 is 14.2 Å². The first-order chi connectivity index (χ1) is 16.2. The van der Waals surface area contributed by atoms with E-state index in [2.05, 4.69) is 32.3 Å². The summed E-state index contributed by atoms with van der Waals surface area (Å²) in [5.41, 5.74) is 4.21. The Balaban J connectivity index is 1.32. The van der Waals surface area contributed by atoms with Gasteiger partial charge >= 0.3 is 0 Å². The highest BCUT2D eigenvalue weighted by Gasteiger charge is 2.25. The molecule has 2 aliphatic heterocycles. The molecule has 1 N–H and O–H groups in total. The summed E-state index contributed by atoms with van der Waals surface area (Å²) in [6, 6.07) is 8.18. The number of nitrogens with one attached hydrogen (secondary N) is 1. The first-order valence-electron chi connectivity index (χ1n) is 11.4. The monoisotopic (exact) mass is 447 g/mol. The number of nitrogens with zero attached hydrogens (tertiary/aromatic N) is 4. The molecular formula is C25H29N5O3. The number of benzene rings is 1. The Hall–Kier alpha value is -3.39. The largest absolute Gasteiger partial charge is 0.496 e. The van der Waals surface area contributed by atoms with Crippen LogP contribution in [-0.4, -0.2) is 53.3 Å². The maximum absolute atomic E-state index is 5.79. The van der Waals surface area contributed by atoms with E-state index in [0.717, 1.165) is 78.2 Å². The van der Waals surface area contributed by atoms with Gasteiger partial charge in [-0.25, -0.2) is 4.98 Å². The molecule has 0 aliphatic carbocycles. The molecule has 0 radical (unpaired) electrons. The summed E-state index contributed by atoms with van der Waals surface area (Å²) in [5.74, 6) is 3.48. The van der Waals surface area contributed by atoms with Crippen LogP contribution in [0.1, 0.15) is 35.7 Å². The molecule has 0 amide bonds. The lowest BCUT2D eigenvalue weighted by atomic mass is 9.93. The highest BCUT2D eigenvalue weighted by molar-refractivity contribution is 5.56. The number of aryl methyl sites for hydroxylation is 1. The molecule has 0 bridgehead atoms. The Morgan fingerprint density at radius 3 is 2.76 bits per heavy atom. The molecule has 5 rings (SSSR count). The Kier molecular flexibility index (Phi) is 6.26. The zero-order chi connectivity index (χ0) is 22.6. The van der Waals surface area contributed by atoms with Crippen LogP contribution in [0.5, 0.6) is 17.2 Å². The first-order valence-corrected chi connectivity index (χ1v) is 11.4. The first kappa shape index (κ1) is 21.5. The van der Waals surface area contributed by atoms with Crippen molar-refractivity contribution >= 4 is 11.5 Å². The number of likely N-dealkylation sites (tertiary alicyclic amines) is 1. The van der Waals surface area contributed by atoms with Gasteiger partial charge in [-0.05, 0) is 44.5 Å². The molecule has 1 saturated heterocycles. The lowest BCUT2D eigenvalue weighted by Crippen LogP contribution is -2.34. The van der Waals surface area contributed by atoms with Crippen LogP contribution in [0, 0.1) is 6.92 Å². The Bertz CT molecular complexity index is 1110. The highest BCUT2D eigenvalue weighted by atomic mass is 16.6.